The van der Waals surface area contributed by atoms with Gasteiger partial charge < -0.3 is 15.2 Å². The van der Waals surface area contributed by atoms with Crippen molar-refractivity contribution in [2.24, 2.45) is 0 Å². The van der Waals surface area contributed by atoms with Crippen molar-refractivity contribution in [3.05, 3.63) is 57.8 Å². The van der Waals surface area contributed by atoms with Crippen molar-refractivity contribution in [3.63, 3.8) is 0 Å². The van der Waals surface area contributed by atoms with E-state index in [-0.39, 0.29) is 16.7 Å². The normalized spacial score (nSPS) is 24.7. The number of pyridine rings is 1. The van der Waals surface area contributed by atoms with Crippen molar-refractivity contribution in [3.8, 4) is 0 Å². The first-order valence-corrected chi connectivity index (χ1v) is 12.4. The molecule has 0 aromatic carbocycles. The molecule has 7 rings (SSSR count). The monoisotopic (exact) mass is 479 g/mol. The lowest BCUT2D eigenvalue weighted by Crippen LogP contribution is -2.46. The summed E-state index contributed by atoms with van der Waals surface area (Å²) >= 11 is 0. The topological polar surface area (TPSA) is 98.6 Å². The third-order valence-electron chi connectivity index (χ3n) is 8.26. The number of fused-ring (bicyclic) bond motifs is 2. The molecule has 2 N–H and O–H groups in total. The van der Waals surface area contributed by atoms with Gasteiger partial charge in [0.25, 0.3) is 11.5 Å². The maximum absolute atomic E-state index is 14.6. The molecular weight excluding hydrogens is 449 g/mol. The van der Waals surface area contributed by atoms with Crippen LogP contribution in [0, 0.1) is 5.95 Å². The van der Waals surface area contributed by atoms with Crippen molar-refractivity contribution < 1.29 is 9.18 Å². The van der Waals surface area contributed by atoms with Crippen LogP contribution in [0.3, 0.4) is 0 Å². The highest BCUT2D eigenvalue weighted by molar-refractivity contribution is 5.92. The van der Waals surface area contributed by atoms with Crippen LogP contribution in [0.25, 0.3) is 5.52 Å². The maximum atomic E-state index is 14.6. The van der Waals surface area contributed by atoms with Crippen molar-refractivity contribution >= 4 is 17.1 Å². The Morgan fingerprint density at radius 2 is 2.00 bits per heavy atom. The summed E-state index contributed by atoms with van der Waals surface area (Å²) in [6.07, 6.45) is 6.59. The summed E-state index contributed by atoms with van der Waals surface area (Å²) in [4.78, 5) is 36.1. The third-order valence-corrected chi connectivity index (χ3v) is 8.26. The summed E-state index contributed by atoms with van der Waals surface area (Å²) < 4.78 is 16.4. The number of nitrogens with zero attached hydrogens (tertiary/aromatic N) is 5. The highest BCUT2D eigenvalue weighted by atomic mass is 19.1. The minimum atomic E-state index is -0.603. The van der Waals surface area contributed by atoms with Gasteiger partial charge in [-0.25, -0.2) is 9.50 Å². The second-order valence-corrected chi connectivity index (χ2v) is 10.1. The Morgan fingerprint density at radius 3 is 2.69 bits per heavy atom. The minimum Gasteiger partial charge on any atom is -0.368 e. The largest absolute Gasteiger partial charge is 0.368 e. The molecule has 3 saturated heterocycles. The van der Waals surface area contributed by atoms with Crippen LogP contribution in [0.4, 0.5) is 10.1 Å². The first kappa shape index (κ1) is 22.2. The van der Waals surface area contributed by atoms with Crippen molar-refractivity contribution in [2.75, 3.05) is 31.6 Å². The molecule has 3 aromatic rings. The van der Waals surface area contributed by atoms with Gasteiger partial charge in [0.05, 0.1) is 5.69 Å². The Balaban J connectivity index is 1.14. The van der Waals surface area contributed by atoms with Crippen LogP contribution in [-0.2, 0) is 11.8 Å². The molecule has 0 spiro atoms. The van der Waals surface area contributed by atoms with E-state index in [0.29, 0.717) is 23.3 Å². The van der Waals surface area contributed by atoms with Gasteiger partial charge in [-0.3, -0.25) is 14.5 Å². The van der Waals surface area contributed by atoms with Gasteiger partial charge in [0, 0.05) is 50.4 Å². The van der Waals surface area contributed by atoms with E-state index in [1.165, 1.54) is 7.05 Å². The highest BCUT2D eigenvalue weighted by Crippen LogP contribution is 2.53. The Labute approximate surface area is 202 Å². The van der Waals surface area contributed by atoms with Gasteiger partial charge in [0.1, 0.15) is 17.0 Å². The number of halogens is 1. The number of aromatic nitrogens is 4. The molecule has 9 nitrogen and oxygen atoms in total. The molecule has 0 unspecified atom stereocenters. The summed E-state index contributed by atoms with van der Waals surface area (Å²) in [5, 5.41) is 7.28. The van der Waals surface area contributed by atoms with E-state index in [1.807, 2.05) is 24.1 Å². The Bertz CT molecular complexity index is 1350. The quantitative estimate of drug-likeness (QED) is 0.542. The number of carbonyl (C=O) groups is 1. The fourth-order valence-electron chi connectivity index (χ4n) is 6.35. The van der Waals surface area contributed by atoms with E-state index in [4.69, 9.17) is 5.10 Å². The van der Waals surface area contributed by atoms with Gasteiger partial charge in [-0.15, -0.1) is 0 Å². The van der Waals surface area contributed by atoms with Crippen LogP contribution in [0.1, 0.15) is 54.5 Å². The zero-order chi connectivity index (χ0) is 24.3. The van der Waals surface area contributed by atoms with Crippen LogP contribution in [0.5, 0.6) is 0 Å². The first-order chi connectivity index (χ1) is 16.9. The number of rotatable bonds is 5. The number of anilines is 1. The number of amides is 1. The molecule has 3 aliphatic heterocycles. The SMILES string of the molecule is CCc1ccn2nc(C34CC(C3)N(C3CCN(c5ccc(C(=O)NC)nc5F)CC3)C4)[nH]c(=O)c12. The number of H-pyrrole nitrogens is 1. The van der Waals surface area contributed by atoms with E-state index >= 15 is 0 Å². The average Bonchev–Trinajstić information content (AvgIpc) is 3.55. The minimum absolute atomic E-state index is 0.0560. The van der Waals surface area contributed by atoms with Crippen LogP contribution < -0.4 is 15.8 Å². The number of carbonyl (C=O) groups excluding carboxylic acids is 1. The lowest BCUT2D eigenvalue weighted by Gasteiger charge is -2.40. The van der Waals surface area contributed by atoms with Crippen LogP contribution >= 0.6 is 0 Å². The van der Waals surface area contributed by atoms with Crippen LogP contribution in [0.2, 0.25) is 0 Å². The predicted octanol–water partition coefficient (Wildman–Crippen LogP) is 1.86. The maximum Gasteiger partial charge on any atom is 0.275 e. The number of aromatic amines is 1. The Hall–Kier alpha value is -3.27. The zero-order valence-electron chi connectivity index (χ0n) is 20.1. The fourth-order valence-corrected chi connectivity index (χ4v) is 6.35. The molecule has 184 valence electrons. The molecular formula is C25H30FN7O2. The van der Waals surface area contributed by atoms with Crippen molar-refractivity contribution in [1.29, 1.82) is 0 Å². The van der Waals surface area contributed by atoms with Crippen LogP contribution in [0.15, 0.2) is 29.2 Å². The molecule has 4 aliphatic rings. The molecule has 1 amide bonds. The molecule has 6 heterocycles. The van der Waals surface area contributed by atoms with Gasteiger partial charge in [-0.2, -0.15) is 9.49 Å². The third kappa shape index (κ3) is 3.45. The molecule has 35 heavy (non-hydrogen) atoms. The molecule has 1 aliphatic carbocycles. The fraction of sp³-hybridized carbons (Fsp3) is 0.520. The molecule has 4 fully saturated rings. The van der Waals surface area contributed by atoms with Gasteiger partial charge in [0.2, 0.25) is 5.95 Å². The van der Waals surface area contributed by atoms with E-state index in [9.17, 15) is 14.0 Å². The molecule has 3 aromatic heterocycles. The van der Waals surface area contributed by atoms with Gasteiger partial charge in [0.15, 0.2) is 0 Å². The van der Waals surface area contributed by atoms with E-state index in [2.05, 4.69) is 20.2 Å². The van der Waals surface area contributed by atoms with Gasteiger partial charge >= 0.3 is 0 Å². The second-order valence-electron chi connectivity index (χ2n) is 10.1. The summed E-state index contributed by atoms with van der Waals surface area (Å²) in [5.41, 5.74) is 2.06. The summed E-state index contributed by atoms with van der Waals surface area (Å²) in [7, 11) is 1.50. The van der Waals surface area contributed by atoms with Gasteiger partial charge in [-0.1, -0.05) is 6.92 Å². The molecule has 0 radical (unpaired) electrons. The standard InChI is InChI=1S/C25H30FN7O2/c1-3-15-6-11-33-20(15)23(35)29-24(30-33)25-12-17(13-25)32(14-25)16-7-9-31(10-8-16)19-5-4-18(22(34)27-2)28-21(19)26/h4-6,11,16-17H,3,7-10,12-14H2,1-2H3,(H,27,34)(H,29,30,35). The highest BCUT2D eigenvalue weighted by Gasteiger charge is 2.59. The van der Waals surface area contributed by atoms with Crippen molar-refractivity contribution in [2.45, 2.75) is 56.5 Å². The predicted molar refractivity (Wildman–Crippen MR) is 129 cm³/mol. The lowest BCUT2D eigenvalue weighted by atomic mass is 9.69. The van der Waals surface area contributed by atoms with E-state index in [1.54, 1.807) is 16.6 Å². The Kier molecular flexibility index (Phi) is 5.17. The summed E-state index contributed by atoms with van der Waals surface area (Å²) in [5.74, 6) is -0.198. The van der Waals surface area contributed by atoms with E-state index < -0.39 is 11.9 Å². The zero-order valence-corrected chi connectivity index (χ0v) is 20.1. The average molecular weight is 480 g/mol. The van der Waals surface area contributed by atoms with Gasteiger partial charge in [-0.05, 0) is 55.9 Å². The second kappa shape index (κ2) is 8.15. The molecule has 0 atom stereocenters. The lowest BCUT2D eigenvalue weighted by molar-refractivity contribution is 0.0957. The van der Waals surface area contributed by atoms with E-state index in [0.717, 1.165) is 63.1 Å². The number of hydrogen-bond donors (Lipinski definition) is 2. The number of hydrogen-bond acceptors (Lipinski definition) is 6. The number of nitrogens with one attached hydrogen (secondary N) is 2. The Morgan fingerprint density at radius 1 is 1.23 bits per heavy atom. The summed E-state index contributed by atoms with van der Waals surface area (Å²) in [6, 6.07) is 6.13. The summed E-state index contributed by atoms with van der Waals surface area (Å²) in [6.45, 7) is 4.42. The molecule has 1 saturated carbocycles. The smallest absolute Gasteiger partial charge is 0.275 e. The number of aryl methyl sites for hydroxylation is 1. The molecule has 10 heteroatoms. The number of piperidine rings is 1. The van der Waals surface area contributed by atoms with Crippen LogP contribution in [-0.4, -0.2) is 69.2 Å². The molecule has 2 bridgehead atoms. The first-order valence-electron chi connectivity index (χ1n) is 12.4. The van der Waals surface area contributed by atoms with Crippen molar-refractivity contribution in [1.82, 2.24) is 29.8 Å².